The molecule has 154 valence electrons. The van der Waals surface area contributed by atoms with Crippen LogP contribution in [0.4, 0.5) is 0 Å². The fraction of sp³-hybridized carbons (Fsp3) is 0.250. The van der Waals surface area contributed by atoms with Crippen LogP contribution in [0.1, 0.15) is 35.5 Å². The summed E-state index contributed by atoms with van der Waals surface area (Å²) in [6.45, 7) is 5.28. The van der Waals surface area contributed by atoms with Gasteiger partial charge in [-0.1, -0.05) is 30.3 Å². The van der Waals surface area contributed by atoms with Crippen molar-refractivity contribution in [3.8, 4) is 5.75 Å². The van der Waals surface area contributed by atoms with E-state index in [2.05, 4.69) is 9.97 Å². The Morgan fingerprint density at radius 2 is 1.83 bits per heavy atom. The third-order valence-corrected chi connectivity index (χ3v) is 4.88. The van der Waals surface area contributed by atoms with E-state index in [9.17, 15) is 4.79 Å². The van der Waals surface area contributed by atoms with Crippen LogP contribution in [0.3, 0.4) is 0 Å². The molecule has 0 saturated carbocycles. The number of esters is 1. The van der Waals surface area contributed by atoms with E-state index in [0.717, 1.165) is 38.7 Å². The first-order chi connectivity index (χ1) is 14.7. The van der Waals surface area contributed by atoms with E-state index < -0.39 is 5.97 Å². The second-order valence-electron chi connectivity index (χ2n) is 6.84. The van der Waals surface area contributed by atoms with Gasteiger partial charge in [-0.15, -0.1) is 0 Å². The predicted molar refractivity (Wildman–Crippen MR) is 116 cm³/mol. The summed E-state index contributed by atoms with van der Waals surface area (Å²) >= 11 is 0. The Labute approximate surface area is 174 Å². The fourth-order valence-electron chi connectivity index (χ4n) is 3.49. The first-order valence-corrected chi connectivity index (χ1v) is 10.1. The van der Waals surface area contributed by atoms with Crippen molar-refractivity contribution in [2.75, 3.05) is 13.2 Å². The molecule has 0 atom stereocenters. The van der Waals surface area contributed by atoms with Gasteiger partial charge in [0, 0.05) is 28.5 Å². The largest absolute Gasteiger partial charge is 0.489 e. The number of aromatic nitrogens is 2. The van der Waals surface area contributed by atoms with Gasteiger partial charge in [0.1, 0.15) is 12.4 Å². The van der Waals surface area contributed by atoms with Crippen molar-refractivity contribution in [2.24, 2.45) is 0 Å². The minimum atomic E-state index is -0.445. The highest BCUT2D eigenvalue weighted by molar-refractivity contribution is 6.11. The molecule has 0 saturated heterocycles. The van der Waals surface area contributed by atoms with Gasteiger partial charge < -0.3 is 19.2 Å². The molecule has 0 bridgehead atoms. The standard InChI is InChI=1S/C24H24N2O4/c1-3-28-15-19-22-18-12-17(30-14-16-8-6-5-7-9-16)10-11-20(18)26-21(22)13-25-23(19)24(27)29-4-2/h5-13,26H,3-4,14-15H2,1-2H3. The van der Waals surface area contributed by atoms with Crippen LogP contribution in [-0.4, -0.2) is 29.2 Å². The van der Waals surface area contributed by atoms with Gasteiger partial charge in [-0.3, -0.25) is 0 Å². The summed E-state index contributed by atoms with van der Waals surface area (Å²) in [6.07, 6.45) is 1.67. The minimum Gasteiger partial charge on any atom is -0.489 e. The molecule has 30 heavy (non-hydrogen) atoms. The highest BCUT2D eigenvalue weighted by Gasteiger charge is 2.20. The molecule has 0 fully saturated rings. The van der Waals surface area contributed by atoms with E-state index in [1.165, 1.54) is 0 Å². The number of hydrogen-bond acceptors (Lipinski definition) is 5. The Morgan fingerprint density at radius 1 is 1.00 bits per heavy atom. The molecular formula is C24H24N2O4. The molecule has 6 nitrogen and oxygen atoms in total. The molecule has 0 amide bonds. The van der Waals surface area contributed by atoms with Gasteiger partial charge in [-0.2, -0.15) is 0 Å². The van der Waals surface area contributed by atoms with E-state index in [1.54, 1.807) is 13.1 Å². The average Bonchev–Trinajstić information content (AvgIpc) is 3.15. The number of aromatic amines is 1. The van der Waals surface area contributed by atoms with Crippen LogP contribution >= 0.6 is 0 Å². The smallest absolute Gasteiger partial charge is 0.357 e. The third kappa shape index (κ3) is 4.00. The highest BCUT2D eigenvalue weighted by Crippen LogP contribution is 2.33. The maximum Gasteiger partial charge on any atom is 0.357 e. The maximum atomic E-state index is 12.5. The first kappa shape index (κ1) is 19.9. The van der Waals surface area contributed by atoms with Crippen LogP contribution in [0, 0.1) is 0 Å². The molecule has 0 aliphatic carbocycles. The molecule has 1 N–H and O–H groups in total. The molecular weight excluding hydrogens is 380 g/mol. The number of carbonyl (C=O) groups excluding carboxylic acids is 1. The van der Waals surface area contributed by atoms with Crippen molar-refractivity contribution >= 4 is 27.8 Å². The number of nitrogens with one attached hydrogen (secondary N) is 1. The molecule has 0 aliphatic heterocycles. The van der Waals surface area contributed by atoms with Crippen LogP contribution < -0.4 is 4.74 Å². The second kappa shape index (κ2) is 8.97. The molecule has 4 rings (SSSR count). The SMILES string of the molecule is CCOCc1c(C(=O)OCC)ncc2[nH]c3ccc(OCc4ccccc4)cc3c12. The predicted octanol–water partition coefficient (Wildman–Crippen LogP) is 5.01. The lowest BCUT2D eigenvalue weighted by atomic mass is 10.1. The quantitative estimate of drug-likeness (QED) is 0.418. The van der Waals surface area contributed by atoms with Gasteiger partial charge in [-0.05, 0) is 37.6 Å². The first-order valence-electron chi connectivity index (χ1n) is 10.1. The third-order valence-electron chi connectivity index (χ3n) is 4.88. The van der Waals surface area contributed by atoms with Gasteiger partial charge in [0.05, 0.1) is 24.9 Å². The highest BCUT2D eigenvalue weighted by atomic mass is 16.5. The number of nitrogens with zero attached hydrogens (tertiary/aromatic N) is 1. The summed E-state index contributed by atoms with van der Waals surface area (Å²) in [7, 11) is 0. The number of rotatable bonds is 8. The summed E-state index contributed by atoms with van der Waals surface area (Å²) in [6, 6.07) is 15.9. The Bertz CT molecular complexity index is 1170. The van der Waals surface area contributed by atoms with E-state index in [-0.39, 0.29) is 18.9 Å². The zero-order valence-corrected chi connectivity index (χ0v) is 17.1. The Kier molecular flexibility index (Phi) is 5.95. The maximum absolute atomic E-state index is 12.5. The van der Waals surface area contributed by atoms with Gasteiger partial charge >= 0.3 is 5.97 Å². The van der Waals surface area contributed by atoms with Crippen LogP contribution in [0.2, 0.25) is 0 Å². The lowest BCUT2D eigenvalue weighted by Gasteiger charge is -2.10. The van der Waals surface area contributed by atoms with Gasteiger partial charge in [-0.25, -0.2) is 9.78 Å². The summed E-state index contributed by atoms with van der Waals surface area (Å²) in [4.78, 5) is 20.2. The van der Waals surface area contributed by atoms with Crippen LogP contribution in [-0.2, 0) is 22.7 Å². The number of fused-ring (bicyclic) bond motifs is 3. The molecule has 0 radical (unpaired) electrons. The summed E-state index contributed by atoms with van der Waals surface area (Å²) < 4.78 is 16.9. The van der Waals surface area contributed by atoms with Crippen LogP contribution in [0.15, 0.2) is 54.7 Å². The summed E-state index contributed by atoms with van der Waals surface area (Å²) in [5.74, 6) is 0.309. The number of pyridine rings is 1. The Morgan fingerprint density at radius 3 is 2.60 bits per heavy atom. The van der Waals surface area contributed by atoms with Crippen LogP contribution in [0.25, 0.3) is 21.8 Å². The van der Waals surface area contributed by atoms with Crippen LogP contribution in [0.5, 0.6) is 5.75 Å². The zero-order valence-electron chi connectivity index (χ0n) is 17.1. The van der Waals surface area contributed by atoms with Crippen molar-refractivity contribution in [2.45, 2.75) is 27.1 Å². The second-order valence-corrected chi connectivity index (χ2v) is 6.84. The number of hydrogen-bond donors (Lipinski definition) is 1. The van der Waals surface area contributed by atoms with Crippen molar-refractivity contribution in [3.63, 3.8) is 0 Å². The van der Waals surface area contributed by atoms with E-state index in [0.29, 0.717) is 13.2 Å². The van der Waals surface area contributed by atoms with Crippen molar-refractivity contribution in [3.05, 3.63) is 71.5 Å². The van der Waals surface area contributed by atoms with E-state index in [4.69, 9.17) is 14.2 Å². The molecule has 0 unspecified atom stereocenters. The van der Waals surface area contributed by atoms with Gasteiger partial charge in [0.25, 0.3) is 0 Å². The molecule has 6 heteroatoms. The fourth-order valence-corrected chi connectivity index (χ4v) is 3.49. The zero-order chi connectivity index (χ0) is 20.9. The van der Waals surface area contributed by atoms with Crippen molar-refractivity contribution in [1.29, 1.82) is 0 Å². The Hall–Kier alpha value is -3.38. The normalized spacial score (nSPS) is 11.1. The molecule has 2 aromatic carbocycles. The van der Waals surface area contributed by atoms with E-state index in [1.807, 2.05) is 55.5 Å². The monoisotopic (exact) mass is 404 g/mol. The van der Waals surface area contributed by atoms with Crippen molar-refractivity contribution < 1.29 is 19.0 Å². The Balaban J connectivity index is 1.78. The molecule has 0 aliphatic rings. The van der Waals surface area contributed by atoms with E-state index >= 15 is 0 Å². The molecule has 2 aromatic heterocycles. The molecule has 4 aromatic rings. The average molecular weight is 404 g/mol. The summed E-state index contributed by atoms with van der Waals surface area (Å²) in [5.41, 5.74) is 3.89. The number of H-pyrrole nitrogens is 1. The number of benzene rings is 2. The molecule has 0 spiro atoms. The minimum absolute atomic E-state index is 0.275. The molecule has 2 heterocycles. The summed E-state index contributed by atoms with van der Waals surface area (Å²) in [5, 5.41) is 1.86. The van der Waals surface area contributed by atoms with Gasteiger partial charge in [0.15, 0.2) is 5.69 Å². The van der Waals surface area contributed by atoms with Crippen molar-refractivity contribution in [1.82, 2.24) is 9.97 Å². The van der Waals surface area contributed by atoms with Gasteiger partial charge in [0.2, 0.25) is 0 Å². The lowest BCUT2D eigenvalue weighted by Crippen LogP contribution is -2.12. The topological polar surface area (TPSA) is 73.4 Å². The lowest BCUT2D eigenvalue weighted by molar-refractivity contribution is 0.0512. The number of carbonyl (C=O) groups is 1. The number of ether oxygens (including phenoxy) is 3.